The van der Waals surface area contributed by atoms with Gasteiger partial charge in [-0.3, -0.25) is 4.99 Å². The molecule has 0 unspecified atom stereocenters. The Morgan fingerprint density at radius 1 is 1.23 bits per heavy atom. The van der Waals surface area contributed by atoms with Crippen LogP contribution in [0.3, 0.4) is 0 Å². The number of hydrogen-bond acceptors (Lipinski definition) is 4. The lowest BCUT2D eigenvalue weighted by Crippen LogP contribution is -2.53. The number of aryl methyl sites for hydroxylation is 1. The molecule has 0 saturated carbocycles. The van der Waals surface area contributed by atoms with Crippen LogP contribution >= 0.6 is 11.6 Å². The Morgan fingerprint density at radius 3 is 2.69 bits per heavy atom. The summed E-state index contributed by atoms with van der Waals surface area (Å²) >= 11 is 6.32. The van der Waals surface area contributed by atoms with Crippen molar-refractivity contribution in [1.29, 1.82) is 0 Å². The zero-order valence-corrected chi connectivity index (χ0v) is 16.2. The molecule has 8 heteroatoms. The molecule has 2 heterocycles. The van der Waals surface area contributed by atoms with Gasteiger partial charge in [0.15, 0.2) is 5.96 Å². The summed E-state index contributed by atoms with van der Waals surface area (Å²) in [6.07, 6.45) is 2.67. The molecule has 0 spiro atoms. The number of piperazine rings is 1. The fraction of sp³-hybridized carbons (Fsp3) is 0.500. The highest BCUT2D eigenvalue weighted by atomic mass is 35.5. The van der Waals surface area contributed by atoms with E-state index in [-0.39, 0.29) is 0 Å². The number of benzene rings is 1. The molecule has 2 aromatic rings. The van der Waals surface area contributed by atoms with Crippen LogP contribution in [0.4, 0.5) is 5.69 Å². The first-order valence-corrected chi connectivity index (χ1v) is 9.42. The Bertz CT molecular complexity index is 735. The number of anilines is 1. The topological polar surface area (TPSA) is 61.6 Å². The van der Waals surface area contributed by atoms with Gasteiger partial charge >= 0.3 is 0 Å². The Balaban J connectivity index is 1.50. The highest BCUT2D eigenvalue weighted by Gasteiger charge is 2.20. The molecule has 0 radical (unpaired) electrons. The molecule has 0 aliphatic carbocycles. The number of halogens is 1. The van der Waals surface area contributed by atoms with E-state index < -0.39 is 0 Å². The first kappa shape index (κ1) is 18.5. The molecule has 1 aromatic heterocycles. The summed E-state index contributed by atoms with van der Waals surface area (Å²) in [5.74, 6) is 1.95. The largest absolute Gasteiger partial charge is 0.367 e. The molecule has 1 aromatic carbocycles. The number of aliphatic imine (C=N–C) groups is 1. The predicted molar refractivity (Wildman–Crippen MR) is 106 cm³/mol. The minimum absolute atomic E-state index is 0.794. The Hall–Kier alpha value is -2.28. The van der Waals surface area contributed by atoms with Crippen LogP contribution in [0.25, 0.3) is 0 Å². The van der Waals surface area contributed by atoms with Gasteiger partial charge in [0, 0.05) is 52.7 Å². The van der Waals surface area contributed by atoms with Gasteiger partial charge in [-0.15, -0.1) is 10.2 Å². The maximum atomic E-state index is 6.32. The third-order valence-electron chi connectivity index (χ3n) is 4.63. The number of aromatic nitrogens is 3. The van der Waals surface area contributed by atoms with Crippen molar-refractivity contribution in [2.45, 2.75) is 19.9 Å². The Kier molecular flexibility index (Phi) is 6.33. The van der Waals surface area contributed by atoms with Crippen molar-refractivity contribution in [3.05, 3.63) is 41.4 Å². The molecular formula is C18H26ClN7. The van der Waals surface area contributed by atoms with Crippen LogP contribution in [-0.4, -0.2) is 65.4 Å². The number of guanidine groups is 1. The summed E-state index contributed by atoms with van der Waals surface area (Å²) in [4.78, 5) is 9.06. The molecule has 0 atom stereocenters. The second-order valence-electron chi connectivity index (χ2n) is 6.19. The van der Waals surface area contributed by atoms with Crippen LogP contribution in [-0.2, 0) is 13.0 Å². The van der Waals surface area contributed by atoms with E-state index in [1.165, 1.54) is 0 Å². The third-order valence-corrected chi connectivity index (χ3v) is 4.95. The third kappa shape index (κ3) is 4.27. The summed E-state index contributed by atoms with van der Waals surface area (Å²) in [6.45, 7) is 7.39. The van der Waals surface area contributed by atoms with E-state index >= 15 is 0 Å². The zero-order chi connectivity index (χ0) is 18.4. The molecule has 140 valence electrons. The van der Waals surface area contributed by atoms with Crippen LogP contribution in [0, 0.1) is 0 Å². The van der Waals surface area contributed by atoms with Crippen LogP contribution in [0.5, 0.6) is 0 Å². The first-order valence-electron chi connectivity index (χ1n) is 9.04. The molecule has 0 bridgehead atoms. The van der Waals surface area contributed by atoms with Crippen molar-refractivity contribution in [3.63, 3.8) is 0 Å². The first-order chi connectivity index (χ1) is 12.7. The van der Waals surface area contributed by atoms with Gasteiger partial charge in [0.1, 0.15) is 12.2 Å². The molecule has 3 rings (SSSR count). The van der Waals surface area contributed by atoms with E-state index in [4.69, 9.17) is 11.6 Å². The predicted octanol–water partition coefficient (Wildman–Crippen LogP) is 1.89. The van der Waals surface area contributed by atoms with Gasteiger partial charge in [0.05, 0.1) is 10.7 Å². The van der Waals surface area contributed by atoms with E-state index in [9.17, 15) is 0 Å². The molecule has 1 N–H and O–H groups in total. The maximum absolute atomic E-state index is 6.32. The van der Waals surface area contributed by atoms with E-state index in [0.29, 0.717) is 0 Å². The zero-order valence-electron chi connectivity index (χ0n) is 15.4. The van der Waals surface area contributed by atoms with Crippen LogP contribution in [0.1, 0.15) is 12.7 Å². The van der Waals surface area contributed by atoms with Crippen molar-refractivity contribution < 1.29 is 0 Å². The fourth-order valence-electron chi connectivity index (χ4n) is 3.23. The van der Waals surface area contributed by atoms with Gasteiger partial charge in [0.2, 0.25) is 0 Å². The minimum atomic E-state index is 0.794. The summed E-state index contributed by atoms with van der Waals surface area (Å²) < 4.78 is 2.08. The van der Waals surface area contributed by atoms with Gasteiger partial charge in [-0.2, -0.15) is 0 Å². The van der Waals surface area contributed by atoms with Crippen molar-refractivity contribution in [3.8, 4) is 0 Å². The number of rotatable bonds is 5. The molecular weight excluding hydrogens is 350 g/mol. The van der Waals surface area contributed by atoms with Crippen LogP contribution in [0.15, 0.2) is 35.6 Å². The molecule has 1 aliphatic heterocycles. The average molecular weight is 376 g/mol. The number of nitrogens with zero attached hydrogens (tertiary/aromatic N) is 6. The fourth-order valence-corrected chi connectivity index (χ4v) is 3.48. The summed E-state index contributed by atoms with van der Waals surface area (Å²) in [6, 6.07) is 8.02. The molecule has 1 fully saturated rings. The second-order valence-corrected chi connectivity index (χ2v) is 6.60. The summed E-state index contributed by atoms with van der Waals surface area (Å²) in [7, 11) is 1.83. The molecule has 7 nitrogen and oxygen atoms in total. The van der Waals surface area contributed by atoms with E-state index in [1.54, 1.807) is 6.33 Å². The minimum Gasteiger partial charge on any atom is -0.367 e. The van der Waals surface area contributed by atoms with Crippen molar-refractivity contribution in [2.75, 3.05) is 44.7 Å². The van der Waals surface area contributed by atoms with E-state index in [2.05, 4.69) is 47.9 Å². The number of nitrogens with one attached hydrogen (secondary N) is 1. The monoisotopic (exact) mass is 375 g/mol. The molecule has 1 saturated heterocycles. The Labute approximate surface area is 159 Å². The molecule has 26 heavy (non-hydrogen) atoms. The van der Waals surface area contributed by atoms with Crippen LogP contribution in [0.2, 0.25) is 5.02 Å². The highest BCUT2D eigenvalue weighted by Crippen LogP contribution is 2.25. The summed E-state index contributed by atoms with van der Waals surface area (Å²) in [5.41, 5.74) is 1.11. The van der Waals surface area contributed by atoms with Crippen LogP contribution < -0.4 is 10.2 Å². The van der Waals surface area contributed by atoms with Gasteiger partial charge in [-0.1, -0.05) is 30.7 Å². The van der Waals surface area contributed by atoms with Gasteiger partial charge in [0.25, 0.3) is 0 Å². The number of para-hydroxylation sites is 1. The number of hydrogen-bond donors (Lipinski definition) is 1. The molecule has 0 amide bonds. The lowest BCUT2D eigenvalue weighted by Gasteiger charge is -2.38. The average Bonchev–Trinajstić information content (AvgIpc) is 3.13. The summed E-state index contributed by atoms with van der Waals surface area (Å²) in [5, 5.41) is 12.3. The smallest absolute Gasteiger partial charge is 0.193 e. The normalized spacial score (nSPS) is 15.4. The van der Waals surface area contributed by atoms with Crippen molar-refractivity contribution in [1.82, 2.24) is 25.0 Å². The van der Waals surface area contributed by atoms with E-state index in [1.807, 2.05) is 25.2 Å². The van der Waals surface area contributed by atoms with Gasteiger partial charge < -0.3 is 19.7 Å². The standard InChI is InChI=1S/C18H26ClN7/c1-3-17-23-22-14-26(17)9-8-21-18(20-2)25-12-10-24(11-13-25)16-7-5-4-6-15(16)19/h4-7,14H,3,8-13H2,1-2H3,(H,20,21). The van der Waals surface area contributed by atoms with Gasteiger partial charge in [-0.25, -0.2) is 0 Å². The van der Waals surface area contributed by atoms with Crippen molar-refractivity contribution in [2.24, 2.45) is 4.99 Å². The van der Waals surface area contributed by atoms with Gasteiger partial charge in [-0.05, 0) is 12.1 Å². The second kappa shape index (κ2) is 8.89. The lowest BCUT2D eigenvalue weighted by molar-refractivity contribution is 0.371. The Morgan fingerprint density at radius 2 is 2.00 bits per heavy atom. The quantitative estimate of drug-likeness (QED) is 0.638. The lowest BCUT2D eigenvalue weighted by atomic mass is 10.2. The highest BCUT2D eigenvalue weighted by molar-refractivity contribution is 6.33. The SMILES string of the molecule is CCc1nncn1CCNC(=NC)N1CCN(c2ccccc2Cl)CC1. The molecule has 1 aliphatic rings. The van der Waals surface area contributed by atoms with E-state index in [0.717, 1.165) is 68.2 Å². The maximum Gasteiger partial charge on any atom is 0.193 e. The van der Waals surface area contributed by atoms with Crippen molar-refractivity contribution >= 4 is 23.2 Å².